The van der Waals surface area contributed by atoms with Crippen molar-refractivity contribution in [3.05, 3.63) is 70.9 Å². The summed E-state index contributed by atoms with van der Waals surface area (Å²) in [6.45, 7) is 0.792. The van der Waals surface area contributed by atoms with Crippen LogP contribution in [0.2, 0.25) is 0 Å². The summed E-state index contributed by atoms with van der Waals surface area (Å²) in [5.74, 6) is -0.362. The molecule has 3 amide bonds. The Morgan fingerprint density at radius 1 is 1.13 bits per heavy atom. The van der Waals surface area contributed by atoms with Crippen molar-refractivity contribution in [2.75, 3.05) is 13.1 Å². The van der Waals surface area contributed by atoms with E-state index >= 15 is 0 Å². The van der Waals surface area contributed by atoms with Gasteiger partial charge in [-0.3, -0.25) is 24.3 Å². The van der Waals surface area contributed by atoms with Crippen LogP contribution in [0.5, 0.6) is 0 Å². The average molecular weight is 422 g/mol. The average Bonchev–Trinajstić information content (AvgIpc) is 3.05. The lowest BCUT2D eigenvalue weighted by molar-refractivity contribution is -0.135. The number of benzene rings is 1. The van der Waals surface area contributed by atoms with Crippen LogP contribution in [0.3, 0.4) is 0 Å². The van der Waals surface area contributed by atoms with Gasteiger partial charge in [0, 0.05) is 31.9 Å². The van der Waals surface area contributed by atoms with Crippen molar-refractivity contribution in [1.82, 2.24) is 14.8 Å². The molecule has 2 fully saturated rings. The molecule has 0 bridgehead atoms. The van der Waals surface area contributed by atoms with E-state index in [0.717, 1.165) is 42.2 Å². The van der Waals surface area contributed by atoms with Crippen LogP contribution in [0.4, 0.5) is 4.79 Å². The van der Waals surface area contributed by atoms with E-state index in [9.17, 15) is 14.4 Å². The second-order valence-electron chi connectivity index (χ2n) is 7.38. The van der Waals surface area contributed by atoms with Crippen molar-refractivity contribution in [1.29, 1.82) is 0 Å². The molecule has 4 rings (SSSR count). The first-order chi connectivity index (χ1) is 14.6. The Labute approximate surface area is 180 Å². The minimum atomic E-state index is -0.330. The van der Waals surface area contributed by atoms with Gasteiger partial charge in [0.2, 0.25) is 5.91 Å². The summed E-state index contributed by atoms with van der Waals surface area (Å²) in [4.78, 5) is 45.6. The number of thioether (sulfide) groups is 1. The molecular formula is C23H23N3O3S. The van der Waals surface area contributed by atoms with Crippen LogP contribution in [0, 0.1) is 0 Å². The van der Waals surface area contributed by atoms with Crippen LogP contribution in [0.25, 0.3) is 6.08 Å². The molecule has 0 N–H and O–H groups in total. The fourth-order valence-corrected chi connectivity index (χ4v) is 4.76. The Morgan fingerprint density at radius 2 is 1.97 bits per heavy atom. The normalized spacial score (nSPS) is 20.8. The van der Waals surface area contributed by atoms with Gasteiger partial charge in [0.15, 0.2) is 0 Å². The predicted octanol–water partition coefficient (Wildman–Crippen LogP) is 4.26. The standard InChI is InChI=1S/C23H23N3O3S/c27-21(25-13-5-4-10-19(25)18-9-6-12-24-16-18)11-14-26-22(28)20(30-23(26)29)15-17-7-2-1-3-8-17/h1-3,6-9,12,15-16,19H,4-5,10-11,13-14H2/t19-/m0/s1. The zero-order valence-electron chi connectivity index (χ0n) is 16.6. The first kappa shape index (κ1) is 20.3. The molecule has 0 radical (unpaired) electrons. The van der Waals surface area contributed by atoms with Gasteiger partial charge in [0.1, 0.15) is 0 Å². The second kappa shape index (κ2) is 9.26. The van der Waals surface area contributed by atoms with Gasteiger partial charge in [-0.05, 0) is 54.3 Å². The number of aromatic nitrogens is 1. The first-order valence-electron chi connectivity index (χ1n) is 10.1. The van der Waals surface area contributed by atoms with Crippen LogP contribution in [-0.4, -0.2) is 44.9 Å². The van der Waals surface area contributed by atoms with Gasteiger partial charge in [-0.1, -0.05) is 36.4 Å². The Bertz CT molecular complexity index is 962. The molecule has 6 nitrogen and oxygen atoms in total. The zero-order valence-corrected chi connectivity index (χ0v) is 17.4. The monoisotopic (exact) mass is 421 g/mol. The number of pyridine rings is 1. The van der Waals surface area contributed by atoms with Crippen LogP contribution >= 0.6 is 11.8 Å². The van der Waals surface area contributed by atoms with Crippen molar-refractivity contribution in [3.8, 4) is 0 Å². The van der Waals surface area contributed by atoms with Crippen LogP contribution in [-0.2, 0) is 9.59 Å². The molecule has 30 heavy (non-hydrogen) atoms. The van der Waals surface area contributed by atoms with Crippen LogP contribution < -0.4 is 0 Å². The van der Waals surface area contributed by atoms with E-state index in [0.29, 0.717) is 11.4 Å². The molecule has 1 atom stereocenters. The molecule has 2 aliphatic heterocycles. The molecule has 0 aliphatic carbocycles. The summed E-state index contributed by atoms with van der Waals surface area (Å²) < 4.78 is 0. The number of hydrogen-bond donors (Lipinski definition) is 0. The van der Waals surface area contributed by atoms with Crippen molar-refractivity contribution in [3.63, 3.8) is 0 Å². The highest BCUT2D eigenvalue weighted by atomic mass is 32.2. The van der Waals surface area contributed by atoms with E-state index in [1.165, 1.54) is 4.90 Å². The van der Waals surface area contributed by atoms with Crippen LogP contribution in [0.15, 0.2) is 59.8 Å². The second-order valence-corrected chi connectivity index (χ2v) is 8.37. The summed E-state index contributed by atoms with van der Waals surface area (Å²) in [5.41, 5.74) is 1.90. The van der Waals surface area contributed by atoms with E-state index < -0.39 is 0 Å². The zero-order chi connectivity index (χ0) is 20.9. The molecule has 1 aromatic carbocycles. The number of imide groups is 1. The molecule has 7 heteroatoms. The van der Waals surface area contributed by atoms with Crippen LogP contribution in [0.1, 0.15) is 42.9 Å². The number of carbonyl (C=O) groups excluding carboxylic acids is 3. The molecule has 0 saturated carbocycles. The Kier molecular flexibility index (Phi) is 6.28. The lowest BCUT2D eigenvalue weighted by atomic mass is 9.96. The summed E-state index contributed by atoms with van der Waals surface area (Å²) in [7, 11) is 0. The minimum absolute atomic E-state index is 0.00726. The quantitative estimate of drug-likeness (QED) is 0.675. The fourth-order valence-electron chi connectivity index (χ4n) is 3.89. The van der Waals surface area contributed by atoms with Crippen molar-refractivity contribution < 1.29 is 14.4 Å². The largest absolute Gasteiger partial charge is 0.336 e. The van der Waals surface area contributed by atoms with E-state index in [1.54, 1.807) is 18.5 Å². The molecule has 1 aromatic heterocycles. The maximum absolute atomic E-state index is 13.0. The number of carbonyl (C=O) groups is 3. The van der Waals surface area contributed by atoms with Gasteiger partial charge < -0.3 is 4.90 Å². The molecule has 2 aromatic rings. The third-order valence-electron chi connectivity index (χ3n) is 5.41. The molecule has 2 aliphatic rings. The van der Waals surface area contributed by atoms with Crippen molar-refractivity contribution >= 4 is 34.9 Å². The van der Waals surface area contributed by atoms with E-state index in [2.05, 4.69) is 4.98 Å². The number of nitrogens with zero attached hydrogens (tertiary/aromatic N) is 3. The lowest BCUT2D eigenvalue weighted by Gasteiger charge is -2.36. The van der Waals surface area contributed by atoms with E-state index in [1.807, 2.05) is 47.4 Å². The molecule has 3 heterocycles. The molecule has 154 valence electrons. The molecule has 0 unspecified atom stereocenters. The maximum Gasteiger partial charge on any atom is 0.293 e. The highest BCUT2D eigenvalue weighted by Gasteiger charge is 2.36. The topological polar surface area (TPSA) is 70.6 Å². The maximum atomic E-state index is 13.0. The van der Waals surface area contributed by atoms with Gasteiger partial charge >= 0.3 is 0 Å². The highest BCUT2D eigenvalue weighted by Crippen LogP contribution is 2.33. The predicted molar refractivity (Wildman–Crippen MR) is 116 cm³/mol. The first-order valence-corrected chi connectivity index (χ1v) is 10.9. The lowest BCUT2D eigenvalue weighted by Crippen LogP contribution is -2.40. The number of rotatable bonds is 5. The van der Waals surface area contributed by atoms with Crippen molar-refractivity contribution in [2.24, 2.45) is 0 Å². The summed E-state index contributed by atoms with van der Waals surface area (Å²) >= 11 is 0.927. The number of likely N-dealkylation sites (tertiary alicyclic amines) is 1. The molecular weight excluding hydrogens is 398 g/mol. The van der Waals surface area contributed by atoms with Gasteiger partial charge in [-0.2, -0.15) is 0 Å². The number of amides is 3. The third-order valence-corrected chi connectivity index (χ3v) is 6.32. The van der Waals surface area contributed by atoms with E-state index in [4.69, 9.17) is 0 Å². The Morgan fingerprint density at radius 3 is 2.73 bits per heavy atom. The third kappa shape index (κ3) is 4.46. The van der Waals surface area contributed by atoms with Gasteiger partial charge in [0.25, 0.3) is 11.1 Å². The Balaban J connectivity index is 1.41. The van der Waals surface area contributed by atoms with Gasteiger partial charge in [0.05, 0.1) is 10.9 Å². The Hall–Kier alpha value is -2.93. The summed E-state index contributed by atoms with van der Waals surface area (Å²) in [5, 5.41) is -0.322. The minimum Gasteiger partial charge on any atom is -0.336 e. The van der Waals surface area contributed by atoms with Crippen molar-refractivity contribution in [2.45, 2.75) is 31.7 Å². The number of hydrogen-bond acceptors (Lipinski definition) is 5. The summed E-state index contributed by atoms with van der Waals surface area (Å²) in [6.07, 6.45) is 8.31. The fraction of sp³-hybridized carbons (Fsp3) is 0.304. The number of piperidine rings is 1. The highest BCUT2D eigenvalue weighted by molar-refractivity contribution is 8.18. The van der Waals surface area contributed by atoms with Gasteiger partial charge in [-0.15, -0.1) is 0 Å². The smallest absolute Gasteiger partial charge is 0.293 e. The van der Waals surface area contributed by atoms with Gasteiger partial charge in [-0.25, -0.2) is 0 Å². The van der Waals surface area contributed by atoms with E-state index in [-0.39, 0.29) is 36.1 Å². The molecule has 2 saturated heterocycles. The SMILES string of the molecule is O=C1SC(=Cc2ccccc2)C(=O)N1CCC(=O)N1CCCC[C@H]1c1cccnc1. The summed E-state index contributed by atoms with van der Waals surface area (Å²) in [6, 6.07) is 13.3. The molecule has 0 spiro atoms.